The molecule has 2 unspecified atom stereocenters. The van der Waals surface area contributed by atoms with Gasteiger partial charge >= 0.3 is 12.0 Å². The van der Waals surface area contributed by atoms with E-state index in [-0.39, 0.29) is 11.8 Å². The zero-order valence-electron chi connectivity index (χ0n) is 11.8. The Hall–Kier alpha value is -2.31. The van der Waals surface area contributed by atoms with E-state index in [2.05, 4.69) is 5.32 Å². The molecule has 2 rings (SSSR count). The van der Waals surface area contributed by atoms with Crippen molar-refractivity contribution in [2.45, 2.75) is 19.4 Å². The highest BCUT2D eigenvalue weighted by atomic mass is 19.1. The lowest BCUT2D eigenvalue weighted by Gasteiger charge is -2.23. The minimum Gasteiger partial charge on any atom is -0.494 e. The number of nitrogens with zero attached hydrogens (tertiary/aromatic N) is 1. The second-order valence-electron chi connectivity index (χ2n) is 4.95. The maximum atomic E-state index is 13.3. The number of hydrogen-bond acceptors (Lipinski definition) is 3. The van der Waals surface area contributed by atoms with Gasteiger partial charge in [0.1, 0.15) is 0 Å². The van der Waals surface area contributed by atoms with Gasteiger partial charge in [0.2, 0.25) is 0 Å². The van der Waals surface area contributed by atoms with E-state index in [9.17, 15) is 14.0 Å². The maximum Gasteiger partial charge on any atom is 0.322 e. The van der Waals surface area contributed by atoms with Gasteiger partial charge in [0, 0.05) is 24.3 Å². The Morgan fingerprint density at radius 1 is 1.48 bits per heavy atom. The first-order chi connectivity index (χ1) is 9.93. The third kappa shape index (κ3) is 3.07. The number of aliphatic carboxylic acids is 1. The van der Waals surface area contributed by atoms with E-state index in [0.717, 1.165) is 0 Å². The molecule has 1 aliphatic heterocycles. The molecule has 7 heteroatoms. The first kappa shape index (κ1) is 15.1. The number of carbonyl (C=O) groups is 2. The number of methoxy groups -OCH3 is 1. The molecule has 1 aromatic carbocycles. The van der Waals surface area contributed by atoms with Gasteiger partial charge < -0.3 is 20.1 Å². The first-order valence-electron chi connectivity index (χ1n) is 6.58. The summed E-state index contributed by atoms with van der Waals surface area (Å²) in [4.78, 5) is 24.7. The maximum absolute atomic E-state index is 13.3. The standard InChI is InChI=1S/C14H17FN2O4/c1-8-10(13(18)19)5-6-17(8)14(20)16-9-3-4-11(15)12(7-9)21-2/h3-4,7-8,10H,5-6H2,1-2H3,(H,16,20)(H,18,19). The van der Waals surface area contributed by atoms with Crippen LogP contribution in [-0.4, -0.2) is 41.7 Å². The van der Waals surface area contributed by atoms with Crippen molar-refractivity contribution in [2.24, 2.45) is 5.92 Å². The second-order valence-corrected chi connectivity index (χ2v) is 4.95. The number of hydrogen-bond donors (Lipinski definition) is 2. The largest absolute Gasteiger partial charge is 0.494 e. The van der Waals surface area contributed by atoms with Crippen molar-refractivity contribution >= 4 is 17.7 Å². The fraction of sp³-hybridized carbons (Fsp3) is 0.429. The molecule has 2 amide bonds. The van der Waals surface area contributed by atoms with Crippen LogP contribution in [0.15, 0.2) is 18.2 Å². The third-order valence-corrected chi connectivity index (χ3v) is 3.74. The van der Waals surface area contributed by atoms with Crippen LogP contribution in [0.5, 0.6) is 5.75 Å². The Balaban J connectivity index is 2.07. The van der Waals surface area contributed by atoms with Gasteiger partial charge in [0.15, 0.2) is 11.6 Å². The summed E-state index contributed by atoms with van der Waals surface area (Å²) in [5.41, 5.74) is 0.393. The van der Waals surface area contributed by atoms with E-state index in [4.69, 9.17) is 9.84 Å². The number of urea groups is 1. The number of carbonyl (C=O) groups excluding carboxylic acids is 1. The summed E-state index contributed by atoms with van der Waals surface area (Å²) in [5.74, 6) is -1.94. The van der Waals surface area contributed by atoms with Gasteiger partial charge in [-0.05, 0) is 25.5 Å². The van der Waals surface area contributed by atoms with E-state index in [1.54, 1.807) is 6.92 Å². The van der Waals surface area contributed by atoms with Gasteiger partial charge in [-0.1, -0.05) is 0 Å². The van der Waals surface area contributed by atoms with Crippen molar-refractivity contribution < 1.29 is 23.8 Å². The number of halogens is 1. The van der Waals surface area contributed by atoms with Crippen molar-refractivity contribution in [3.8, 4) is 5.75 Å². The van der Waals surface area contributed by atoms with Gasteiger partial charge in [-0.25, -0.2) is 9.18 Å². The quantitative estimate of drug-likeness (QED) is 0.896. The normalized spacial score (nSPS) is 21.2. The number of rotatable bonds is 3. The SMILES string of the molecule is COc1cc(NC(=O)N2CCC(C(=O)O)C2C)ccc1F. The van der Waals surface area contributed by atoms with E-state index in [1.165, 1.54) is 30.2 Å². The fourth-order valence-corrected chi connectivity index (χ4v) is 2.49. The van der Waals surface area contributed by atoms with Crippen molar-refractivity contribution in [2.75, 3.05) is 19.0 Å². The number of nitrogens with one attached hydrogen (secondary N) is 1. The summed E-state index contributed by atoms with van der Waals surface area (Å²) in [6, 6.07) is 3.21. The predicted molar refractivity (Wildman–Crippen MR) is 73.9 cm³/mol. The molecule has 1 saturated heterocycles. The molecule has 0 radical (unpaired) electrons. The van der Waals surface area contributed by atoms with E-state index < -0.39 is 23.7 Å². The van der Waals surface area contributed by atoms with Crippen molar-refractivity contribution in [1.29, 1.82) is 0 Å². The highest BCUT2D eigenvalue weighted by Gasteiger charge is 2.38. The molecule has 0 aromatic heterocycles. The smallest absolute Gasteiger partial charge is 0.322 e. The average Bonchev–Trinajstić information content (AvgIpc) is 2.83. The van der Waals surface area contributed by atoms with Crippen LogP contribution in [0.2, 0.25) is 0 Å². The Morgan fingerprint density at radius 3 is 2.76 bits per heavy atom. The number of amides is 2. The Bertz CT molecular complexity index is 564. The molecular weight excluding hydrogens is 279 g/mol. The molecule has 1 fully saturated rings. The topological polar surface area (TPSA) is 78.9 Å². The molecule has 1 aromatic rings. The van der Waals surface area contributed by atoms with Crippen molar-refractivity contribution in [1.82, 2.24) is 4.90 Å². The number of benzene rings is 1. The molecule has 2 N–H and O–H groups in total. The van der Waals surface area contributed by atoms with Crippen LogP contribution < -0.4 is 10.1 Å². The number of likely N-dealkylation sites (tertiary alicyclic amines) is 1. The monoisotopic (exact) mass is 296 g/mol. The van der Waals surface area contributed by atoms with Crippen LogP contribution >= 0.6 is 0 Å². The van der Waals surface area contributed by atoms with Crippen molar-refractivity contribution in [3.63, 3.8) is 0 Å². The van der Waals surface area contributed by atoms with Crippen LogP contribution in [0.25, 0.3) is 0 Å². The second kappa shape index (κ2) is 5.99. The van der Waals surface area contributed by atoms with Gasteiger partial charge in [-0.3, -0.25) is 4.79 Å². The number of ether oxygens (including phenoxy) is 1. The summed E-state index contributed by atoms with van der Waals surface area (Å²) in [6.07, 6.45) is 0.427. The minimum atomic E-state index is -0.902. The van der Waals surface area contributed by atoms with Crippen LogP contribution in [-0.2, 0) is 4.79 Å². The highest BCUT2D eigenvalue weighted by Crippen LogP contribution is 2.26. The predicted octanol–water partition coefficient (Wildman–Crippen LogP) is 2.16. The molecule has 2 atom stereocenters. The van der Waals surface area contributed by atoms with Crippen LogP contribution in [0, 0.1) is 11.7 Å². The third-order valence-electron chi connectivity index (χ3n) is 3.74. The molecule has 1 heterocycles. The van der Waals surface area contributed by atoms with Crippen LogP contribution in [0.1, 0.15) is 13.3 Å². The lowest BCUT2D eigenvalue weighted by Crippen LogP contribution is -2.40. The lowest BCUT2D eigenvalue weighted by molar-refractivity contribution is -0.142. The minimum absolute atomic E-state index is 0.0330. The van der Waals surface area contributed by atoms with Crippen LogP contribution in [0.3, 0.4) is 0 Å². The van der Waals surface area contributed by atoms with Gasteiger partial charge in [-0.15, -0.1) is 0 Å². The number of anilines is 1. The molecule has 1 aliphatic rings. The molecular formula is C14H17FN2O4. The summed E-state index contributed by atoms with van der Waals surface area (Å²) in [7, 11) is 1.34. The van der Waals surface area contributed by atoms with E-state index in [0.29, 0.717) is 18.7 Å². The van der Waals surface area contributed by atoms with Gasteiger partial charge in [0.25, 0.3) is 0 Å². The van der Waals surface area contributed by atoms with E-state index in [1.807, 2.05) is 0 Å². The molecule has 21 heavy (non-hydrogen) atoms. The zero-order chi connectivity index (χ0) is 15.6. The molecule has 0 spiro atoms. The first-order valence-corrected chi connectivity index (χ1v) is 6.58. The van der Waals surface area contributed by atoms with Gasteiger partial charge in [-0.2, -0.15) is 0 Å². The summed E-state index contributed by atoms with van der Waals surface area (Å²) in [5, 5.41) is 11.7. The molecule has 6 nitrogen and oxygen atoms in total. The fourth-order valence-electron chi connectivity index (χ4n) is 2.49. The number of carboxylic acid groups (broad SMARTS) is 1. The molecule has 0 aliphatic carbocycles. The number of carboxylic acids is 1. The van der Waals surface area contributed by atoms with Gasteiger partial charge in [0.05, 0.1) is 13.0 Å². The Kier molecular flexibility index (Phi) is 4.30. The molecule has 0 saturated carbocycles. The molecule has 0 bridgehead atoms. The Morgan fingerprint density at radius 2 is 2.19 bits per heavy atom. The zero-order valence-corrected chi connectivity index (χ0v) is 11.8. The van der Waals surface area contributed by atoms with Crippen LogP contribution in [0.4, 0.5) is 14.9 Å². The van der Waals surface area contributed by atoms with E-state index >= 15 is 0 Å². The summed E-state index contributed by atoms with van der Waals surface area (Å²) >= 11 is 0. The van der Waals surface area contributed by atoms with Crippen molar-refractivity contribution in [3.05, 3.63) is 24.0 Å². The summed E-state index contributed by atoms with van der Waals surface area (Å²) in [6.45, 7) is 2.08. The highest BCUT2D eigenvalue weighted by molar-refractivity contribution is 5.90. The molecule has 114 valence electrons. The summed E-state index contributed by atoms with van der Waals surface area (Å²) < 4.78 is 18.1. The lowest BCUT2D eigenvalue weighted by atomic mass is 10.0. The Labute approximate surface area is 121 Å². The average molecular weight is 296 g/mol.